The lowest BCUT2D eigenvalue weighted by Gasteiger charge is -2.10. The predicted octanol–water partition coefficient (Wildman–Crippen LogP) is 3.16. The minimum Gasteiger partial charge on any atom is -0.326 e. The van der Waals surface area contributed by atoms with Crippen LogP contribution in [0.4, 0.5) is 18.9 Å². The number of nitriles is 1. The summed E-state index contributed by atoms with van der Waals surface area (Å²) in [7, 11) is 0. The van der Waals surface area contributed by atoms with E-state index in [2.05, 4.69) is 11.2 Å². The molecule has 0 spiro atoms. The van der Waals surface area contributed by atoms with Crippen LogP contribution in [0.3, 0.4) is 0 Å². The Kier molecular flexibility index (Phi) is 6.35. The average molecular weight is 322 g/mol. The molecule has 7 heteroatoms. The van der Waals surface area contributed by atoms with E-state index in [9.17, 15) is 22.8 Å². The topological polar surface area (TPSA) is 70.0 Å². The molecule has 1 aromatic rings. The maximum atomic E-state index is 12.4. The number of alkyl halides is 3. The Morgan fingerprint density at radius 1 is 1.26 bits per heavy atom. The first-order valence-electron chi connectivity index (χ1n) is 6.61. The van der Waals surface area contributed by atoms with Gasteiger partial charge in [-0.1, -0.05) is 0 Å². The van der Waals surface area contributed by atoms with E-state index < -0.39 is 29.3 Å². The van der Waals surface area contributed by atoms with E-state index >= 15 is 0 Å². The Morgan fingerprint density at radius 3 is 2.35 bits per heavy atom. The van der Waals surface area contributed by atoms with Crippen molar-refractivity contribution < 1.29 is 22.8 Å². The van der Waals surface area contributed by atoms with Crippen LogP contribution in [-0.2, 0) is 15.8 Å². The van der Waals surface area contributed by atoms with Crippen molar-refractivity contribution in [2.75, 3.05) is 5.32 Å². The predicted molar refractivity (Wildman–Crippen MR) is 76.9 cm³/mol. The van der Waals surface area contributed by atoms with Crippen molar-refractivity contribution >= 4 is 17.4 Å². The maximum Gasteiger partial charge on any atom is 0.416 e. The van der Waals surface area contributed by atoms with Gasteiger partial charge >= 0.3 is 6.18 Å². The van der Waals surface area contributed by atoms with Gasteiger partial charge in [0.25, 0.3) is 0 Å². The van der Waals surface area contributed by atoms with Crippen LogP contribution in [0.25, 0.3) is 0 Å². The number of anilines is 1. The summed E-state index contributed by atoms with van der Waals surface area (Å²) in [6.45, 7) is 0. The van der Waals surface area contributed by atoms with E-state index in [-0.39, 0.29) is 24.9 Å². The van der Waals surface area contributed by atoms with Gasteiger partial charge < -0.3 is 5.32 Å². The highest BCUT2D eigenvalue weighted by atomic mass is 19.4. The molecule has 0 aliphatic rings. The van der Waals surface area contributed by atoms with E-state index in [0.717, 1.165) is 24.3 Å². The van der Waals surface area contributed by atoms with Gasteiger partial charge in [-0.3, -0.25) is 9.59 Å². The van der Waals surface area contributed by atoms with Crippen molar-refractivity contribution in [1.29, 1.82) is 5.26 Å². The second kappa shape index (κ2) is 8.00. The van der Waals surface area contributed by atoms with E-state index in [1.165, 1.54) is 0 Å². The van der Waals surface area contributed by atoms with Crippen molar-refractivity contribution in [3.05, 3.63) is 29.8 Å². The fourth-order valence-electron chi connectivity index (χ4n) is 1.74. The third kappa shape index (κ3) is 5.84. The molecule has 0 fully saturated rings. The highest BCUT2D eigenvalue weighted by molar-refractivity contribution is 5.95. The van der Waals surface area contributed by atoms with Crippen molar-refractivity contribution in [3.63, 3.8) is 0 Å². The van der Waals surface area contributed by atoms with Gasteiger partial charge in [-0.2, -0.15) is 18.4 Å². The van der Waals surface area contributed by atoms with Gasteiger partial charge in [0.15, 0.2) is 5.78 Å². The first-order valence-corrected chi connectivity index (χ1v) is 6.61. The Bertz CT molecular complexity index is 652. The van der Waals surface area contributed by atoms with Crippen molar-refractivity contribution in [2.24, 2.45) is 5.92 Å². The van der Waals surface area contributed by atoms with Gasteiger partial charge in [0.2, 0.25) is 5.91 Å². The maximum absolute atomic E-state index is 12.4. The monoisotopic (exact) mass is 322 g/mol. The van der Waals surface area contributed by atoms with Crippen LogP contribution in [-0.4, -0.2) is 11.7 Å². The van der Waals surface area contributed by atoms with Gasteiger partial charge in [-0.05, 0) is 24.3 Å². The molecule has 0 saturated heterocycles. The zero-order valence-electron chi connectivity index (χ0n) is 12.0. The third-order valence-corrected chi connectivity index (χ3v) is 2.95. The second-order valence-electron chi connectivity index (χ2n) is 4.68. The summed E-state index contributed by atoms with van der Waals surface area (Å²) in [6.07, 6.45) is 0.366. The largest absolute Gasteiger partial charge is 0.416 e. The Labute approximate surface area is 131 Å². The SMILES string of the molecule is C#CCCC(=O)C(C#N)CC(=O)Nc1ccc(C(F)(F)F)cc1. The third-order valence-electron chi connectivity index (χ3n) is 2.95. The number of carbonyl (C=O) groups is 2. The quantitative estimate of drug-likeness (QED) is 0.818. The lowest BCUT2D eigenvalue weighted by atomic mass is 9.98. The smallest absolute Gasteiger partial charge is 0.326 e. The van der Waals surface area contributed by atoms with Crippen LogP contribution in [0, 0.1) is 29.6 Å². The van der Waals surface area contributed by atoms with E-state index in [1.807, 2.05) is 0 Å². The summed E-state index contributed by atoms with van der Waals surface area (Å²) in [5.74, 6) is 0.0675. The molecule has 1 N–H and O–H groups in total. The number of rotatable bonds is 6. The summed E-state index contributed by atoms with van der Waals surface area (Å²) in [5.41, 5.74) is -0.689. The number of nitrogens with zero attached hydrogens (tertiary/aromatic N) is 1. The Morgan fingerprint density at radius 2 is 1.87 bits per heavy atom. The van der Waals surface area contributed by atoms with Crippen LogP contribution in [0.5, 0.6) is 0 Å². The van der Waals surface area contributed by atoms with Crippen LogP contribution in [0.1, 0.15) is 24.8 Å². The summed E-state index contributed by atoms with van der Waals surface area (Å²) in [4.78, 5) is 23.4. The molecule has 0 saturated carbocycles. The zero-order chi connectivity index (χ0) is 17.5. The van der Waals surface area contributed by atoms with E-state index in [4.69, 9.17) is 11.7 Å². The molecule has 120 valence electrons. The number of ketones is 1. The number of amides is 1. The number of halogens is 3. The summed E-state index contributed by atoms with van der Waals surface area (Å²) >= 11 is 0. The van der Waals surface area contributed by atoms with Crippen LogP contribution >= 0.6 is 0 Å². The number of hydrogen-bond donors (Lipinski definition) is 1. The first-order chi connectivity index (χ1) is 10.8. The minimum atomic E-state index is -4.46. The molecule has 0 aliphatic heterocycles. The number of carbonyl (C=O) groups excluding carboxylic acids is 2. The highest BCUT2D eigenvalue weighted by Gasteiger charge is 2.30. The number of Topliss-reactive ketones (excluding diaryl/α,β-unsaturated/α-hetero) is 1. The van der Waals surface area contributed by atoms with Crippen molar-refractivity contribution in [1.82, 2.24) is 0 Å². The fraction of sp³-hybridized carbons (Fsp3) is 0.312. The van der Waals surface area contributed by atoms with Crippen LogP contribution in [0.15, 0.2) is 24.3 Å². The van der Waals surface area contributed by atoms with E-state index in [1.54, 1.807) is 6.07 Å². The molecule has 0 aromatic heterocycles. The fourth-order valence-corrected chi connectivity index (χ4v) is 1.74. The summed E-state index contributed by atoms with van der Waals surface area (Å²) < 4.78 is 37.2. The lowest BCUT2D eigenvalue weighted by molar-refractivity contribution is -0.137. The summed E-state index contributed by atoms with van der Waals surface area (Å²) in [6, 6.07) is 5.59. The van der Waals surface area contributed by atoms with Crippen LogP contribution < -0.4 is 5.32 Å². The molecule has 1 amide bonds. The molecule has 1 atom stereocenters. The number of nitrogens with one attached hydrogen (secondary N) is 1. The first kappa shape index (κ1) is 18.2. The zero-order valence-corrected chi connectivity index (χ0v) is 12.0. The van der Waals surface area contributed by atoms with E-state index in [0.29, 0.717) is 0 Å². The minimum absolute atomic E-state index is 0.00227. The van der Waals surface area contributed by atoms with Gasteiger partial charge in [-0.25, -0.2) is 0 Å². The Balaban J connectivity index is 2.64. The molecule has 1 rings (SSSR count). The molecule has 1 aromatic carbocycles. The molecule has 0 aliphatic carbocycles. The molecular formula is C16H13F3N2O2. The highest BCUT2D eigenvalue weighted by Crippen LogP contribution is 2.29. The summed E-state index contributed by atoms with van der Waals surface area (Å²) in [5, 5.41) is 11.3. The Hall–Kier alpha value is -2.80. The number of hydrogen-bond acceptors (Lipinski definition) is 3. The molecular weight excluding hydrogens is 309 g/mol. The normalized spacial score (nSPS) is 11.9. The molecule has 4 nitrogen and oxygen atoms in total. The van der Waals surface area contributed by atoms with Gasteiger partial charge in [0.05, 0.1) is 11.6 Å². The van der Waals surface area contributed by atoms with Crippen molar-refractivity contribution in [3.8, 4) is 18.4 Å². The van der Waals surface area contributed by atoms with Crippen molar-refractivity contribution in [2.45, 2.75) is 25.4 Å². The lowest BCUT2D eigenvalue weighted by Crippen LogP contribution is -2.21. The molecule has 0 heterocycles. The second-order valence-corrected chi connectivity index (χ2v) is 4.68. The molecule has 0 bridgehead atoms. The van der Waals surface area contributed by atoms with Gasteiger partial charge in [0.1, 0.15) is 5.92 Å². The standard InChI is InChI=1S/C16H13F3N2O2/c1-2-3-4-14(22)11(10-20)9-15(23)21-13-7-5-12(6-8-13)16(17,18)19/h1,5-8,11H,3-4,9H2,(H,21,23). The van der Waals surface area contributed by atoms with Gasteiger partial charge in [0, 0.05) is 24.9 Å². The van der Waals surface area contributed by atoms with Crippen LogP contribution in [0.2, 0.25) is 0 Å². The molecule has 23 heavy (non-hydrogen) atoms. The molecule has 0 radical (unpaired) electrons. The average Bonchev–Trinajstić information content (AvgIpc) is 2.49. The number of terminal acetylenes is 1. The van der Waals surface area contributed by atoms with Gasteiger partial charge in [-0.15, -0.1) is 12.3 Å². The number of benzene rings is 1. The molecule has 1 unspecified atom stereocenters.